The molecule has 24 heavy (non-hydrogen) atoms. The first-order valence-corrected chi connectivity index (χ1v) is 10.1. The Labute approximate surface area is 159 Å². The molecule has 2 N–H and O–H groups in total. The van der Waals surface area contributed by atoms with Crippen LogP contribution in [0.5, 0.6) is 0 Å². The Balaban J connectivity index is 1.41. The van der Waals surface area contributed by atoms with Crippen molar-refractivity contribution in [1.29, 1.82) is 0 Å². The Kier molecular flexibility index (Phi) is 4.47. The summed E-state index contributed by atoms with van der Waals surface area (Å²) in [6, 6.07) is 5.91. The van der Waals surface area contributed by atoms with Crippen LogP contribution in [0.2, 0.25) is 10.0 Å². The van der Waals surface area contributed by atoms with Crippen molar-refractivity contribution in [3.63, 3.8) is 0 Å². The molecule has 4 saturated carbocycles. The van der Waals surface area contributed by atoms with Crippen LogP contribution in [-0.2, 0) is 0 Å². The summed E-state index contributed by atoms with van der Waals surface area (Å²) in [7, 11) is 0. The van der Waals surface area contributed by atoms with Crippen molar-refractivity contribution in [2.24, 2.45) is 23.2 Å². The molecule has 130 valence electrons. The first-order valence-electron chi connectivity index (χ1n) is 8.96. The first kappa shape index (κ1) is 16.9. The monoisotopic (exact) mass is 382 g/mol. The third kappa shape index (κ3) is 3.15. The van der Waals surface area contributed by atoms with E-state index >= 15 is 0 Å². The lowest BCUT2D eigenvalue weighted by atomic mass is 9.48. The number of benzene rings is 1. The van der Waals surface area contributed by atoms with E-state index in [9.17, 15) is 0 Å². The molecular weight excluding hydrogens is 359 g/mol. The van der Waals surface area contributed by atoms with Gasteiger partial charge in [0.05, 0.1) is 10.0 Å². The summed E-state index contributed by atoms with van der Waals surface area (Å²) in [4.78, 5) is 0. The van der Waals surface area contributed by atoms with Gasteiger partial charge < -0.3 is 10.6 Å². The zero-order valence-corrected chi connectivity index (χ0v) is 16.3. The Bertz CT molecular complexity index is 625. The molecule has 4 aliphatic rings. The van der Waals surface area contributed by atoms with Gasteiger partial charge in [0.2, 0.25) is 0 Å². The standard InChI is InChI=1S/C19H24Cl2N2S/c1-11(19-8-12-4-13(9-19)6-14(5-12)10-19)22-18(24)23-15-2-3-16(20)17(21)7-15/h2-3,7,11-14H,4-6,8-10H2,1H3,(H2,22,23,24). The van der Waals surface area contributed by atoms with Crippen molar-refractivity contribution in [3.05, 3.63) is 28.2 Å². The number of rotatable bonds is 3. The number of anilines is 1. The number of hydrogen-bond donors (Lipinski definition) is 2. The van der Waals surface area contributed by atoms with Crippen LogP contribution in [-0.4, -0.2) is 11.2 Å². The normalized spacial score (nSPS) is 34.9. The van der Waals surface area contributed by atoms with Crippen molar-refractivity contribution in [1.82, 2.24) is 5.32 Å². The second-order valence-electron chi connectivity index (χ2n) is 8.23. The molecule has 0 spiro atoms. The van der Waals surface area contributed by atoms with Crippen LogP contribution in [0.3, 0.4) is 0 Å². The summed E-state index contributed by atoms with van der Waals surface area (Å²) in [5, 5.41) is 8.59. The van der Waals surface area contributed by atoms with Gasteiger partial charge in [-0.25, -0.2) is 0 Å². The number of thiocarbonyl (C=S) groups is 1. The Morgan fingerprint density at radius 1 is 1.08 bits per heavy atom. The fraction of sp³-hybridized carbons (Fsp3) is 0.632. The van der Waals surface area contributed by atoms with Gasteiger partial charge in [-0.2, -0.15) is 0 Å². The van der Waals surface area contributed by atoms with Gasteiger partial charge in [-0.15, -0.1) is 0 Å². The molecule has 1 aromatic carbocycles. The van der Waals surface area contributed by atoms with Crippen LogP contribution in [0.1, 0.15) is 45.4 Å². The third-order valence-electron chi connectivity index (χ3n) is 6.53. The smallest absolute Gasteiger partial charge is 0.171 e. The summed E-state index contributed by atoms with van der Waals surface area (Å²) in [5.74, 6) is 2.87. The molecule has 4 fully saturated rings. The lowest BCUT2D eigenvalue weighted by molar-refractivity contribution is -0.0671. The Hall–Kier alpha value is -0.510. The molecule has 0 aliphatic heterocycles. The molecule has 1 unspecified atom stereocenters. The largest absolute Gasteiger partial charge is 0.359 e. The van der Waals surface area contributed by atoms with Gasteiger partial charge in [0.25, 0.3) is 0 Å². The predicted octanol–water partition coefficient (Wildman–Crippen LogP) is 5.88. The molecule has 1 atom stereocenters. The van der Waals surface area contributed by atoms with E-state index in [4.69, 9.17) is 35.4 Å². The van der Waals surface area contributed by atoms with Crippen LogP contribution >= 0.6 is 35.4 Å². The summed E-state index contributed by atoms with van der Waals surface area (Å²) < 4.78 is 0. The van der Waals surface area contributed by atoms with E-state index in [0.29, 0.717) is 26.6 Å². The SMILES string of the molecule is CC(NC(=S)Nc1ccc(Cl)c(Cl)c1)C12CC3CC(CC(C3)C1)C2. The quantitative estimate of drug-likeness (QED) is 0.637. The molecule has 4 bridgehead atoms. The Morgan fingerprint density at radius 3 is 2.21 bits per heavy atom. The average Bonchev–Trinajstić information content (AvgIpc) is 2.49. The lowest BCUT2D eigenvalue weighted by Gasteiger charge is -2.59. The number of halogens is 2. The number of nitrogens with one attached hydrogen (secondary N) is 2. The van der Waals surface area contributed by atoms with Gasteiger partial charge in [0, 0.05) is 11.7 Å². The average molecular weight is 383 g/mol. The lowest BCUT2D eigenvalue weighted by Crippen LogP contribution is -2.56. The van der Waals surface area contributed by atoms with Gasteiger partial charge in [0.15, 0.2) is 5.11 Å². The maximum absolute atomic E-state index is 6.08. The van der Waals surface area contributed by atoms with Crippen molar-refractivity contribution in [2.75, 3.05) is 5.32 Å². The van der Waals surface area contributed by atoms with Gasteiger partial charge in [-0.3, -0.25) is 0 Å². The molecule has 2 nitrogen and oxygen atoms in total. The van der Waals surface area contributed by atoms with Gasteiger partial charge >= 0.3 is 0 Å². The van der Waals surface area contributed by atoms with E-state index in [1.54, 1.807) is 6.07 Å². The fourth-order valence-electron chi connectivity index (χ4n) is 5.80. The van der Waals surface area contributed by atoms with Gasteiger partial charge in [-0.05, 0) is 99.0 Å². The molecule has 0 radical (unpaired) electrons. The highest BCUT2D eigenvalue weighted by Crippen LogP contribution is 2.61. The maximum atomic E-state index is 6.08. The van der Waals surface area contributed by atoms with Crippen LogP contribution in [0.4, 0.5) is 5.69 Å². The van der Waals surface area contributed by atoms with Gasteiger partial charge in [0.1, 0.15) is 0 Å². The molecule has 5 heteroatoms. The minimum absolute atomic E-state index is 0.411. The minimum Gasteiger partial charge on any atom is -0.359 e. The molecule has 0 aromatic heterocycles. The summed E-state index contributed by atoms with van der Waals surface area (Å²) in [5.41, 5.74) is 1.32. The topological polar surface area (TPSA) is 24.1 Å². The first-order chi connectivity index (χ1) is 11.4. The molecule has 4 aliphatic carbocycles. The highest BCUT2D eigenvalue weighted by atomic mass is 35.5. The highest BCUT2D eigenvalue weighted by Gasteiger charge is 2.53. The fourth-order valence-corrected chi connectivity index (χ4v) is 6.39. The second kappa shape index (κ2) is 6.34. The van der Waals surface area contributed by atoms with Gasteiger partial charge in [-0.1, -0.05) is 23.2 Å². The molecule has 5 rings (SSSR count). The van der Waals surface area contributed by atoms with Crippen molar-refractivity contribution < 1.29 is 0 Å². The van der Waals surface area contributed by atoms with E-state index < -0.39 is 0 Å². The van der Waals surface area contributed by atoms with Crippen LogP contribution in [0.25, 0.3) is 0 Å². The molecule has 1 aromatic rings. The molecule has 0 heterocycles. The van der Waals surface area contributed by atoms with E-state index in [0.717, 1.165) is 23.4 Å². The zero-order chi connectivity index (χ0) is 16.9. The third-order valence-corrected chi connectivity index (χ3v) is 7.49. The molecule has 0 saturated heterocycles. The predicted molar refractivity (Wildman–Crippen MR) is 106 cm³/mol. The van der Waals surface area contributed by atoms with Crippen LogP contribution in [0.15, 0.2) is 18.2 Å². The second-order valence-corrected chi connectivity index (χ2v) is 9.45. The van der Waals surface area contributed by atoms with Crippen molar-refractivity contribution in [2.45, 2.75) is 51.5 Å². The zero-order valence-electron chi connectivity index (χ0n) is 13.9. The van der Waals surface area contributed by atoms with E-state index in [2.05, 4.69) is 17.6 Å². The van der Waals surface area contributed by atoms with E-state index in [1.807, 2.05) is 12.1 Å². The number of hydrogen-bond acceptors (Lipinski definition) is 1. The summed E-state index contributed by atoms with van der Waals surface area (Å²) >= 11 is 17.6. The maximum Gasteiger partial charge on any atom is 0.171 e. The summed E-state index contributed by atoms with van der Waals surface area (Å²) in [6.45, 7) is 2.32. The van der Waals surface area contributed by atoms with E-state index in [-0.39, 0.29) is 0 Å². The molecular formula is C19H24Cl2N2S. The summed E-state index contributed by atoms with van der Waals surface area (Å²) in [6.07, 6.45) is 8.54. The van der Waals surface area contributed by atoms with Crippen molar-refractivity contribution in [3.8, 4) is 0 Å². The molecule has 0 amide bonds. The Morgan fingerprint density at radius 2 is 1.67 bits per heavy atom. The van der Waals surface area contributed by atoms with E-state index in [1.165, 1.54) is 38.5 Å². The highest BCUT2D eigenvalue weighted by molar-refractivity contribution is 7.80. The van der Waals surface area contributed by atoms with Crippen molar-refractivity contribution >= 4 is 46.2 Å². The van der Waals surface area contributed by atoms with Crippen LogP contribution in [0, 0.1) is 23.2 Å². The van der Waals surface area contributed by atoms with Crippen LogP contribution < -0.4 is 10.6 Å². The minimum atomic E-state index is 0.411.